The van der Waals surface area contributed by atoms with Crippen molar-refractivity contribution in [2.75, 3.05) is 26.7 Å². The predicted molar refractivity (Wildman–Crippen MR) is 112 cm³/mol. The second-order valence-corrected chi connectivity index (χ2v) is 8.08. The summed E-state index contributed by atoms with van der Waals surface area (Å²) in [6.07, 6.45) is 2.45. The van der Waals surface area contributed by atoms with Crippen LogP contribution >= 0.6 is 0 Å². The Morgan fingerprint density at radius 2 is 1.72 bits per heavy atom. The molecular formula is C24H28N2O3. The molecule has 0 bridgehead atoms. The van der Waals surface area contributed by atoms with E-state index in [2.05, 4.69) is 0 Å². The number of piperidine rings is 1. The van der Waals surface area contributed by atoms with Gasteiger partial charge in [-0.15, -0.1) is 0 Å². The minimum Gasteiger partial charge on any atom is -0.497 e. The molecule has 2 saturated heterocycles. The van der Waals surface area contributed by atoms with Gasteiger partial charge in [-0.3, -0.25) is 9.59 Å². The molecule has 5 heteroatoms. The number of carbonyl (C=O) groups is 2. The highest BCUT2D eigenvalue weighted by atomic mass is 16.5. The van der Waals surface area contributed by atoms with E-state index < -0.39 is 0 Å². The van der Waals surface area contributed by atoms with E-state index in [0.29, 0.717) is 24.8 Å². The summed E-state index contributed by atoms with van der Waals surface area (Å²) in [5, 5.41) is 0. The molecule has 2 aromatic rings. The molecule has 0 unspecified atom stereocenters. The zero-order chi connectivity index (χ0) is 20.2. The standard InChI is InChI=1S/C24H28N2O3/c1-29-22-9-7-18(8-10-22)16-25-13-12-21-17-26(14-11-20(21)15-23(25)27)24(28)19-5-3-2-4-6-19/h2-10,20-21H,11-17H2,1H3/t20-,21-/m0/s1. The van der Waals surface area contributed by atoms with Crippen molar-refractivity contribution in [1.82, 2.24) is 9.80 Å². The van der Waals surface area contributed by atoms with Crippen LogP contribution in [0.2, 0.25) is 0 Å². The van der Waals surface area contributed by atoms with Gasteiger partial charge in [-0.1, -0.05) is 30.3 Å². The lowest BCUT2D eigenvalue weighted by Crippen LogP contribution is -2.43. The van der Waals surface area contributed by atoms with Crippen molar-refractivity contribution < 1.29 is 14.3 Å². The number of hydrogen-bond donors (Lipinski definition) is 0. The highest BCUT2D eigenvalue weighted by molar-refractivity contribution is 5.94. The number of nitrogens with zero attached hydrogens (tertiary/aromatic N) is 2. The second kappa shape index (κ2) is 8.68. The molecule has 0 saturated carbocycles. The van der Waals surface area contributed by atoms with Gasteiger partial charge in [0, 0.05) is 38.2 Å². The van der Waals surface area contributed by atoms with Gasteiger partial charge in [0.1, 0.15) is 5.75 Å². The molecule has 0 aliphatic carbocycles. The minimum absolute atomic E-state index is 0.106. The number of amides is 2. The summed E-state index contributed by atoms with van der Waals surface area (Å²) in [4.78, 5) is 29.6. The summed E-state index contributed by atoms with van der Waals surface area (Å²) >= 11 is 0. The molecular weight excluding hydrogens is 364 g/mol. The molecule has 152 valence electrons. The molecule has 0 N–H and O–H groups in total. The van der Waals surface area contributed by atoms with Crippen LogP contribution in [-0.4, -0.2) is 48.4 Å². The zero-order valence-corrected chi connectivity index (χ0v) is 16.9. The monoisotopic (exact) mass is 392 g/mol. The third-order valence-corrected chi connectivity index (χ3v) is 6.29. The third-order valence-electron chi connectivity index (χ3n) is 6.29. The van der Waals surface area contributed by atoms with Crippen molar-refractivity contribution in [3.05, 3.63) is 65.7 Å². The van der Waals surface area contributed by atoms with Crippen molar-refractivity contribution >= 4 is 11.8 Å². The van der Waals surface area contributed by atoms with Gasteiger partial charge in [0.05, 0.1) is 7.11 Å². The molecule has 0 radical (unpaired) electrons. The quantitative estimate of drug-likeness (QED) is 0.799. The lowest BCUT2D eigenvalue weighted by Gasteiger charge is -2.37. The largest absolute Gasteiger partial charge is 0.497 e. The molecule has 2 heterocycles. The number of carbonyl (C=O) groups excluding carboxylic acids is 2. The Morgan fingerprint density at radius 3 is 2.45 bits per heavy atom. The van der Waals surface area contributed by atoms with Gasteiger partial charge < -0.3 is 14.5 Å². The Labute approximate surface area is 172 Å². The Balaban J connectivity index is 1.39. The van der Waals surface area contributed by atoms with Gasteiger partial charge >= 0.3 is 0 Å². The number of fused-ring (bicyclic) bond motifs is 1. The highest BCUT2D eigenvalue weighted by Crippen LogP contribution is 2.33. The topological polar surface area (TPSA) is 49.9 Å². The van der Waals surface area contributed by atoms with E-state index in [9.17, 15) is 9.59 Å². The average Bonchev–Trinajstić information content (AvgIpc) is 2.92. The summed E-state index contributed by atoms with van der Waals surface area (Å²) < 4.78 is 5.21. The van der Waals surface area contributed by atoms with Gasteiger partial charge in [0.25, 0.3) is 5.91 Å². The molecule has 29 heavy (non-hydrogen) atoms. The van der Waals surface area contributed by atoms with Crippen molar-refractivity contribution in [1.29, 1.82) is 0 Å². The molecule has 5 nitrogen and oxygen atoms in total. The van der Waals surface area contributed by atoms with Crippen LogP contribution in [0.4, 0.5) is 0 Å². The van der Waals surface area contributed by atoms with Crippen molar-refractivity contribution in [3.8, 4) is 5.75 Å². The minimum atomic E-state index is 0.106. The first-order valence-electron chi connectivity index (χ1n) is 10.4. The fourth-order valence-electron chi connectivity index (χ4n) is 4.54. The van der Waals surface area contributed by atoms with Gasteiger partial charge in [0.15, 0.2) is 0 Å². The van der Waals surface area contributed by atoms with Gasteiger partial charge in [-0.25, -0.2) is 0 Å². The van der Waals surface area contributed by atoms with Crippen LogP contribution in [0.5, 0.6) is 5.75 Å². The molecule has 4 rings (SSSR count). The molecule has 2 atom stereocenters. The van der Waals surface area contributed by atoms with E-state index in [1.54, 1.807) is 7.11 Å². The maximum absolute atomic E-state index is 12.9. The molecule has 0 aromatic heterocycles. The van der Waals surface area contributed by atoms with Crippen LogP contribution in [-0.2, 0) is 11.3 Å². The van der Waals surface area contributed by atoms with Crippen LogP contribution in [0.15, 0.2) is 54.6 Å². The van der Waals surface area contributed by atoms with Crippen LogP contribution in [0.3, 0.4) is 0 Å². The van der Waals surface area contributed by atoms with E-state index in [4.69, 9.17) is 4.74 Å². The van der Waals surface area contributed by atoms with E-state index in [0.717, 1.165) is 49.4 Å². The van der Waals surface area contributed by atoms with Crippen molar-refractivity contribution in [2.45, 2.75) is 25.8 Å². The maximum Gasteiger partial charge on any atom is 0.253 e. The maximum atomic E-state index is 12.9. The molecule has 2 aliphatic heterocycles. The number of benzene rings is 2. The number of likely N-dealkylation sites (tertiary alicyclic amines) is 2. The van der Waals surface area contributed by atoms with Crippen LogP contribution < -0.4 is 4.74 Å². The smallest absolute Gasteiger partial charge is 0.253 e. The normalized spacial score (nSPS) is 22.0. The fraction of sp³-hybridized carbons (Fsp3) is 0.417. The predicted octanol–water partition coefficient (Wildman–Crippen LogP) is 3.60. The number of rotatable bonds is 4. The lowest BCUT2D eigenvalue weighted by molar-refractivity contribution is -0.132. The first kappa shape index (κ1) is 19.5. The summed E-state index contributed by atoms with van der Waals surface area (Å²) in [6, 6.07) is 17.4. The van der Waals surface area contributed by atoms with E-state index in [1.807, 2.05) is 64.4 Å². The zero-order valence-electron chi connectivity index (χ0n) is 16.9. The average molecular weight is 392 g/mol. The Hall–Kier alpha value is -2.82. The molecule has 2 aromatic carbocycles. The van der Waals surface area contributed by atoms with Gasteiger partial charge in [0.2, 0.25) is 5.91 Å². The second-order valence-electron chi connectivity index (χ2n) is 8.08. The number of methoxy groups -OCH3 is 1. The van der Waals surface area contributed by atoms with E-state index in [-0.39, 0.29) is 11.8 Å². The van der Waals surface area contributed by atoms with E-state index in [1.165, 1.54) is 0 Å². The van der Waals surface area contributed by atoms with Crippen LogP contribution in [0.25, 0.3) is 0 Å². The van der Waals surface area contributed by atoms with Crippen LogP contribution in [0, 0.1) is 11.8 Å². The Morgan fingerprint density at radius 1 is 1.00 bits per heavy atom. The van der Waals surface area contributed by atoms with Crippen LogP contribution in [0.1, 0.15) is 35.2 Å². The van der Waals surface area contributed by atoms with Gasteiger partial charge in [-0.2, -0.15) is 0 Å². The molecule has 2 fully saturated rings. The Kier molecular flexibility index (Phi) is 5.84. The van der Waals surface area contributed by atoms with Crippen molar-refractivity contribution in [2.24, 2.45) is 11.8 Å². The molecule has 2 aliphatic rings. The SMILES string of the molecule is COc1ccc(CN2CC[C@H]3CN(C(=O)c4ccccc4)CC[C@H]3CC2=O)cc1. The molecule has 2 amide bonds. The number of ether oxygens (including phenoxy) is 1. The summed E-state index contributed by atoms with van der Waals surface area (Å²) in [5.74, 6) is 1.93. The third kappa shape index (κ3) is 4.44. The fourth-order valence-corrected chi connectivity index (χ4v) is 4.54. The first-order valence-corrected chi connectivity index (χ1v) is 10.4. The highest BCUT2D eigenvalue weighted by Gasteiger charge is 2.36. The summed E-state index contributed by atoms with van der Waals surface area (Å²) in [7, 11) is 1.65. The van der Waals surface area contributed by atoms with E-state index >= 15 is 0 Å². The lowest BCUT2D eigenvalue weighted by atomic mass is 9.82. The summed E-state index contributed by atoms with van der Waals surface area (Å²) in [5.41, 5.74) is 1.86. The molecule has 0 spiro atoms. The number of hydrogen-bond acceptors (Lipinski definition) is 3. The van der Waals surface area contributed by atoms with Crippen molar-refractivity contribution in [3.63, 3.8) is 0 Å². The van der Waals surface area contributed by atoms with Gasteiger partial charge in [-0.05, 0) is 54.5 Å². The summed E-state index contributed by atoms with van der Waals surface area (Å²) in [6.45, 7) is 2.87. The Bertz CT molecular complexity index is 850. The first-order chi connectivity index (χ1) is 14.1.